The van der Waals surface area contributed by atoms with Crippen molar-refractivity contribution in [2.75, 3.05) is 0 Å². The third-order valence-electron chi connectivity index (χ3n) is 3.90. The van der Waals surface area contributed by atoms with E-state index in [0.717, 1.165) is 0 Å². The summed E-state index contributed by atoms with van der Waals surface area (Å²) in [6.07, 6.45) is 4.54. The molecule has 0 aliphatic carbocycles. The predicted molar refractivity (Wildman–Crippen MR) is 94.0 cm³/mol. The number of aromatic nitrogens is 1. The standard InChI is InChI=1S/C19H15ClN2O3/c20-15-5-3-12(4-6-15)17(21)16(19(24)14-7-9-25-11-14)18(23)13-2-1-8-22-10-13/h1-11,16,18,21,23H. The van der Waals surface area contributed by atoms with Crippen LogP contribution in [0.1, 0.15) is 27.6 Å². The normalized spacial score (nSPS) is 13.2. The lowest BCUT2D eigenvalue weighted by molar-refractivity contribution is 0.0792. The molecule has 0 saturated heterocycles. The van der Waals surface area contributed by atoms with Gasteiger partial charge in [-0.05, 0) is 35.4 Å². The molecule has 0 bridgehead atoms. The Labute approximate surface area is 149 Å². The van der Waals surface area contributed by atoms with Gasteiger partial charge in [0.25, 0.3) is 0 Å². The molecule has 126 valence electrons. The summed E-state index contributed by atoms with van der Waals surface area (Å²) in [4.78, 5) is 16.9. The fraction of sp³-hybridized carbons (Fsp3) is 0.105. The molecular weight excluding hydrogens is 340 g/mol. The van der Waals surface area contributed by atoms with Crippen molar-refractivity contribution in [1.82, 2.24) is 4.98 Å². The number of nitrogens with one attached hydrogen (secondary N) is 1. The number of pyridine rings is 1. The van der Waals surface area contributed by atoms with Gasteiger partial charge in [0, 0.05) is 17.4 Å². The van der Waals surface area contributed by atoms with Gasteiger partial charge in [0.2, 0.25) is 0 Å². The number of rotatable bonds is 6. The highest BCUT2D eigenvalue weighted by Gasteiger charge is 2.34. The first kappa shape index (κ1) is 17.1. The smallest absolute Gasteiger partial charge is 0.178 e. The Kier molecular flexibility index (Phi) is 5.07. The number of ketones is 1. The Bertz CT molecular complexity index is 861. The van der Waals surface area contributed by atoms with E-state index in [4.69, 9.17) is 21.4 Å². The largest absolute Gasteiger partial charge is 0.472 e. The predicted octanol–water partition coefficient (Wildman–Crippen LogP) is 3.93. The highest BCUT2D eigenvalue weighted by Crippen LogP contribution is 2.29. The second-order valence-electron chi connectivity index (χ2n) is 5.51. The molecule has 0 aliphatic rings. The number of aliphatic hydroxyl groups is 1. The van der Waals surface area contributed by atoms with E-state index in [0.29, 0.717) is 21.7 Å². The number of hydrogen-bond acceptors (Lipinski definition) is 5. The quantitative estimate of drug-likeness (QED) is 0.518. The van der Waals surface area contributed by atoms with Gasteiger partial charge >= 0.3 is 0 Å². The molecular formula is C19H15ClN2O3. The Balaban J connectivity index is 2.00. The van der Waals surface area contributed by atoms with Crippen LogP contribution in [0.4, 0.5) is 0 Å². The number of aliphatic hydroxyl groups excluding tert-OH is 1. The van der Waals surface area contributed by atoms with Crippen LogP contribution in [0.15, 0.2) is 71.8 Å². The molecule has 0 saturated carbocycles. The summed E-state index contributed by atoms with van der Waals surface area (Å²) < 4.78 is 4.97. The summed E-state index contributed by atoms with van der Waals surface area (Å²) in [6, 6.07) is 11.4. The van der Waals surface area contributed by atoms with E-state index in [1.54, 1.807) is 42.6 Å². The molecule has 1 aromatic carbocycles. The summed E-state index contributed by atoms with van der Waals surface area (Å²) >= 11 is 5.89. The molecule has 0 fully saturated rings. The lowest BCUT2D eigenvalue weighted by Gasteiger charge is -2.22. The Morgan fingerprint density at radius 2 is 1.92 bits per heavy atom. The first-order valence-electron chi connectivity index (χ1n) is 7.56. The van der Waals surface area contributed by atoms with Crippen LogP contribution in [0.25, 0.3) is 0 Å². The van der Waals surface area contributed by atoms with Crippen LogP contribution >= 0.6 is 11.6 Å². The topological polar surface area (TPSA) is 87.2 Å². The number of Topliss-reactive ketones (excluding diaryl/α,β-unsaturated/α-hetero) is 1. The third kappa shape index (κ3) is 3.68. The number of hydrogen-bond donors (Lipinski definition) is 2. The number of carbonyl (C=O) groups is 1. The maximum absolute atomic E-state index is 12.9. The molecule has 3 rings (SSSR count). The summed E-state index contributed by atoms with van der Waals surface area (Å²) in [7, 11) is 0. The molecule has 2 N–H and O–H groups in total. The second kappa shape index (κ2) is 7.42. The zero-order valence-corrected chi connectivity index (χ0v) is 13.9. The number of furan rings is 1. The van der Waals surface area contributed by atoms with Gasteiger partial charge < -0.3 is 14.9 Å². The van der Waals surface area contributed by atoms with Crippen LogP contribution in [-0.2, 0) is 0 Å². The van der Waals surface area contributed by atoms with E-state index < -0.39 is 17.8 Å². The minimum absolute atomic E-state index is 0.000722. The average Bonchev–Trinajstić information content (AvgIpc) is 3.17. The Morgan fingerprint density at radius 3 is 2.52 bits per heavy atom. The van der Waals surface area contributed by atoms with Gasteiger partial charge in [0.1, 0.15) is 6.26 Å². The molecule has 0 aliphatic heterocycles. The number of carbonyl (C=O) groups excluding carboxylic acids is 1. The molecule has 5 nitrogen and oxygen atoms in total. The van der Waals surface area contributed by atoms with Gasteiger partial charge in [0.15, 0.2) is 5.78 Å². The second-order valence-corrected chi connectivity index (χ2v) is 5.94. The first-order chi connectivity index (χ1) is 12.1. The van der Waals surface area contributed by atoms with E-state index in [9.17, 15) is 9.90 Å². The van der Waals surface area contributed by atoms with Gasteiger partial charge in [-0.25, -0.2) is 0 Å². The van der Waals surface area contributed by atoms with Crippen LogP contribution in [0.2, 0.25) is 5.02 Å². The van der Waals surface area contributed by atoms with Crippen LogP contribution in [0.5, 0.6) is 0 Å². The van der Waals surface area contributed by atoms with E-state index >= 15 is 0 Å². The number of nitrogens with zero attached hydrogens (tertiary/aromatic N) is 1. The fourth-order valence-corrected chi connectivity index (χ4v) is 2.69. The summed E-state index contributed by atoms with van der Waals surface area (Å²) in [5, 5.41) is 19.8. The SMILES string of the molecule is N=C(c1ccc(Cl)cc1)C(C(=O)c1ccoc1)C(O)c1cccnc1. The van der Waals surface area contributed by atoms with Gasteiger partial charge in [0.05, 0.1) is 29.6 Å². The van der Waals surface area contributed by atoms with Crippen LogP contribution in [0.3, 0.4) is 0 Å². The van der Waals surface area contributed by atoms with E-state index in [1.165, 1.54) is 24.8 Å². The maximum atomic E-state index is 12.9. The van der Waals surface area contributed by atoms with Gasteiger partial charge in [-0.1, -0.05) is 29.8 Å². The molecule has 6 heteroatoms. The Hall–Kier alpha value is -2.76. The monoisotopic (exact) mass is 354 g/mol. The zero-order valence-electron chi connectivity index (χ0n) is 13.1. The average molecular weight is 355 g/mol. The summed E-state index contributed by atoms with van der Waals surface area (Å²) in [6.45, 7) is 0. The number of benzene rings is 1. The van der Waals surface area contributed by atoms with E-state index in [-0.39, 0.29) is 5.71 Å². The molecule has 0 spiro atoms. The van der Waals surface area contributed by atoms with E-state index in [1.807, 2.05) is 0 Å². The summed E-state index contributed by atoms with van der Waals surface area (Å²) in [5.74, 6) is -1.49. The van der Waals surface area contributed by atoms with Crippen molar-refractivity contribution in [2.45, 2.75) is 6.10 Å². The van der Waals surface area contributed by atoms with Crippen molar-refractivity contribution < 1.29 is 14.3 Å². The molecule has 0 radical (unpaired) electrons. The first-order valence-corrected chi connectivity index (χ1v) is 7.94. The minimum atomic E-state index is -1.21. The summed E-state index contributed by atoms with van der Waals surface area (Å²) in [5.41, 5.74) is 1.27. The molecule has 2 unspecified atom stereocenters. The highest BCUT2D eigenvalue weighted by molar-refractivity contribution is 6.30. The fourth-order valence-electron chi connectivity index (χ4n) is 2.57. The zero-order chi connectivity index (χ0) is 17.8. The minimum Gasteiger partial charge on any atom is -0.472 e. The number of halogens is 1. The highest BCUT2D eigenvalue weighted by atomic mass is 35.5. The lowest BCUT2D eigenvalue weighted by Crippen LogP contribution is -2.30. The van der Waals surface area contributed by atoms with Crippen molar-refractivity contribution >= 4 is 23.1 Å². The molecule has 2 atom stereocenters. The molecule has 25 heavy (non-hydrogen) atoms. The van der Waals surface area contributed by atoms with Crippen molar-refractivity contribution in [1.29, 1.82) is 5.41 Å². The Morgan fingerprint density at radius 1 is 1.16 bits per heavy atom. The molecule has 3 aromatic rings. The molecule has 0 amide bonds. The molecule has 2 aromatic heterocycles. The third-order valence-corrected chi connectivity index (χ3v) is 4.15. The van der Waals surface area contributed by atoms with Gasteiger partial charge in [-0.15, -0.1) is 0 Å². The van der Waals surface area contributed by atoms with Crippen LogP contribution in [-0.4, -0.2) is 21.6 Å². The van der Waals surface area contributed by atoms with E-state index in [2.05, 4.69) is 4.98 Å². The van der Waals surface area contributed by atoms with Crippen molar-refractivity contribution in [3.63, 3.8) is 0 Å². The van der Waals surface area contributed by atoms with Crippen molar-refractivity contribution in [3.8, 4) is 0 Å². The maximum Gasteiger partial charge on any atom is 0.178 e. The van der Waals surface area contributed by atoms with Gasteiger partial charge in [-0.3, -0.25) is 9.78 Å². The van der Waals surface area contributed by atoms with Crippen LogP contribution in [0, 0.1) is 11.3 Å². The lowest BCUT2D eigenvalue weighted by atomic mass is 9.83. The molecule has 2 heterocycles. The van der Waals surface area contributed by atoms with Gasteiger partial charge in [-0.2, -0.15) is 0 Å². The van der Waals surface area contributed by atoms with Crippen molar-refractivity contribution in [2.24, 2.45) is 5.92 Å². The van der Waals surface area contributed by atoms with Crippen molar-refractivity contribution in [3.05, 3.63) is 89.1 Å². The van der Waals surface area contributed by atoms with Crippen LogP contribution < -0.4 is 0 Å².